The van der Waals surface area contributed by atoms with Gasteiger partial charge in [-0.05, 0) is 61.1 Å². The Balaban J connectivity index is 1.34. The molecule has 0 aliphatic heterocycles. The van der Waals surface area contributed by atoms with Gasteiger partial charge in [-0.25, -0.2) is 4.39 Å². The van der Waals surface area contributed by atoms with E-state index in [1.807, 2.05) is 6.92 Å². The number of alkyl halides is 3. The molecule has 30 heavy (non-hydrogen) atoms. The van der Waals surface area contributed by atoms with Crippen LogP contribution >= 0.6 is 0 Å². The van der Waals surface area contributed by atoms with E-state index >= 15 is 0 Å². The van der Waals surface area contributed by atoms with Crippen molar-refractivity contribution in [2.45, 2.75) is 37.9 Å². The predicted octanol–water partition coefficient (Wildman–Crippen LogP) is 4.17. The van der Waals surface area contributed by atoms with Crippen LogP contribution in [0.4, 0.5) is 23.2 Å². The van der Waals surface area contributed by atoms with Gasteiger partial charge in [-0.3, -0.25) is 14.6 Å². The van der Waals surface area contributed by atoms with E-state index in [9.17, 15) is 27.2 Å². The third-order valence-corrected chi connectivity index (χ3v) is 6.19. The number of anilines is 1. The third-order valence-electron chi connectivity index (χ3n) is 6.19. The number of halogens is 4. The number of nitrogens with zero attached hydrogens (tertiary/aromatic N) is 1. The zero-order chi connectivity index (χ0) is 21.7. The van der Waals surface area contributed by atoms with Gasteiger partial charge in [-0.1, -0.05) is 6.92 Å². The molecule has 5 nitrogen and oxygen atoms in total. The van der Waals surface area contributed by atoms with Crippen LogP contribution in [0.2, 0.25) is 0 Å². The van der Waals surface area contributed by atoms with E-state index in [0.29, 0.717) is 24.9 Å². The maximum absolute atomic E-state index is 13.0. The fraction of sp³-hybridized carbons (Fsp3) is 0.381. The minimum atomic E-state index is -4.62. The lowest BCUT2D eigenvalue weighted by Gasteiger charge is -2.72. The van der Waals surface area contributed by atoms with E-state index in [1.54, 1.807) is 0 Å². The Bertz CT molecular complexity index is 984. The summed E-state index contributed by atoms with van der Waals surface area (Å²) in [6.45, 7) is 1.81. The lowest BCUT2D eigenvalue weighted by Crippen LogP contribution is -2.77. The van der Waals surface area contributed by atoms with Gasteiger partial charge in [-0.2, -0.15) is 13.2 Å². The summed E-state index contributed by atoms with van der Waals surface area (Å²) in [5.41, 5.74) is -1.44. The van der Waals surface area contributed by atoms with Crippen LogP contribution in [0, 0.1) is 17.2 Å². The Morgan fingerprint density at radius 1 is 1.10 bits per heavy atom. The summed E-state index contributed by atoms with van der Waals surface area (Å²) in [6.07, 6.45) is -1.91. The number of hydrogen-bond donors (Lipinski definition) is 2. The maximum Gasteiger partial charge on any atom is 0.433 e. The summed E-state index contributed by atoms with van der Waals surface area (Å²) in [6, 6.07) is 7.45. The molecule has 0 radical (unpaired) electrons. The van der Waals surface area contributed by atoms with E-state index in [1.165, 1.54) is 30.3 Å². The first-order chi connectivity index (χ1) is 14.0. The predicted molar refractivity (Wildman–Crippen MR) is 99.9 cm³/mol. The van der Waals surface area contributed by atoms with Crippen molar-refractivity contribution >= 4 is 17.5 Å². The zero-order valence-electron chi connectivity index (χ0n) is 16.0. The van der Waals surface area contributed by atoms with Gasteiger partial charge in [0.25, 0.3) is 5.91 Å². The first-order valence-electron chi connectivity index (χ1n) is 9.44. The molecule has 1 aromatic carbocycles. The monoisotopic (exact) mass is 421 g/mol. The van der Waals surface area contributed by atoms with Crippen molar-refractivity contribution in [2.75, 3.05) is 5.32 Å². The second-order valence-electron chi connectivity index (χ2n) is 8.27. The Morgan fingerprint density at radius 3 is 2.33 bits per heavy atom. The Morgan fingerprint density at radius 2 is 1.73 bits per heavy atom. The van der Waals surface area contributed by atoms with E-state index in [2.05, 4.69) is 15.6 Å². The van der Waals surface area contributed by atoms with Crippen LogP contribution in [-0.4, -0.2) is 22.3 Å². The molecule has 1 unspecified atom stereocenters. The molecular weight excluding hydrogens is 402 g/mol. The second-order valence-corrected chi connectivity index (χ2v) is 8.27. The Hall–Kier alpha value is -2.97. The number of pyridine rings is 1. The van der Waals surface area contributed by atoms with Crippen molar-refractivity contribution in [3.63, 3.8) is 0 Å². The average Bonchev–Trinajstić information content (AvgIpc) is 2.64. The molecule has 5 rings (SSSR count). The average molecular weight is 421 g/mol. The summed E-state index contributed by atoms with van der Waals surface area (Å²) in [5.74, 6) is -1.49. The minimum absolute atomic E-state index is 0.0989. The molecule has 2 amide bonds. The SMILES string of the molecule is CC(C(=O)Nc1ccc(F)cc1)C12CC(NC(=O)c3ccnc(C(F)(F)F)c3)(C1)C2. The lowest BCUT2D eigenvalue weighted by molar-refractivity contribution is -0.184. The van der Waals surface area contributed by atoms with Crippen LogP contribution in [0.25, 0.3) is 0 Å². The van der Waals surface area contributed by atoms with Crippen molar-refractivity contribution in [3.8, 4) is 0 Å². The highest BCUT2D eigenvalue weighted by atomic mass is 19.4. The molecule has 1 atom stereocenters. The van der Waals surface area contributed by atoms with Gasteiger partial charge in [0.05, 0.1) is 0 Å². The number of aromatic nitrogens is 1. The number of nitrogens with one attached hydrogen (secondary N) is 2. The smallest absolute Gasteiger partial charge is 0.347 e. The second kappa shape index (κ2) is 6.78. The highest BCUT2D eigenvalue weighted by molar-refractivity contribution is 5.96. The summed E-state index contributed by atoms with van der Waals surface area (Å²) >= 11 is 0. The van der Waals surface area contributed by atoms with E-state index < -0.39 is 29.1 Å². The molecule has 0 spiro atoms. The molecule has 1 aromatic heterocycles. The molecule has 3 saturated carbocycles. The van der Waals surface area contributed by atoms with E-state index in [0.717, 1.165) is 12.3 Å². The topological polar surface area (TPSA) is 71.1 Å². The van der Waals surface area contributed by atoms with Crippen molar-refractivity contribution in [2.24, 2.45) is 11.3 Å². The number of hydrogen-bond acceptors (Lipinski definition) is 3. The van der Waals surface area contributed by atoms with Crippen molar-refractivity contribution < 1.29 is 27.2 Å². The number of carbonyl (C=O) groups is 2. The molecule has 2 aromatic rings. The summed E-state index contributed by atoms with van der Waals surface area (Å²) < 4.78 is 51.4. The zero-order valence-corrected chi connectivity index (χ0v) is 16.0. The number of benzene rings is 1. The third kappa shape index (κ3) is 3.53. The molecular formula is C21H19F4N3O2. The van der Waals surface area contributed by atoms with Crippen LogP contribution in [-0.2, 0) is 11.0 Å². The maximum atomic E-state index is 13.0. The fourth-order valence-electron chi connectivity index (χ4n) is 4.56. The van der Waals surface area contributed by atoms with Gasteiger partial charge >= 0.3 is 6.18 Å². The molecule has 3 aliphatic carbocycles. The molecule has 1 heterocycles. The molecule has 158 valence electrons. The highest BCUT2D eigenvalue weighted by Crippen LogP contribution is 2.70. The van der Waals surface area contributed by atoms with Crippen LogP contribution in [0.5, 0.6) is 0 Å². The first-order valence-corrected chi connectivity index (χ1v) is 9.44. The molecule has 3 fully saturated rings. The van der Waals surface area contributed by atoms with Crippen molar-refractivity contribution in [1.29, 1.82) is 0 Å². The number of amides is 2. The van der Waals surface area contributed by atoms with Crippen LogP contribution < -0.4 is 10.6 Å². The van der Waals surface area contributed by atoms with Gasteiger partial charge in [-0.15, -0.1) is 0 Å². The van der Waals surface area contributed by atoms with Crippen molar-refractivity contribution in [3.05, 3.63) is 59.7 Å². The quantitative estimate of drug-likeness (QED) is 0.712. The van der Waals surface area contributed by atoms with Gasteiger partial charge in [0.1, 0.15) is 11.5 Å². The largest absolute Gasteiger partial charge is 0.433 e. The molecule has 2 N–H and O–H groups in total. The molecule has 9 heteroatoms. The molecule has 2 bridgehead atoms. The normalized spacial score (nSPS) is 25.5. The van der Waals surface area contributed by atoms with E-state index in [-0.39, 0.29) is 22.8 Å². The van der Waals surface area contributed by atoms with Gasteiger partial charge in [0.15, 0.2) is 0 Å². The summed E-state index contributed by atoms with van der Waals surface area (Å²) in [7, 11) is 0. The van der Waals surface area contributed by atoms with Crippen LogP contribution in [0.3, 0.4) is 0 Å². The Labute approximate surface area is 169 Å². The standard InChI is InChI=1S/C21H19F4N3O2/c1-12(17(29)27-15-4-2-14(22)3-5-15)19-9-20(10-19,11-19)28-18(30)13-6-7-26-16(8-13)21(23,24)25/h2-8,12H,9-11H2,1H3,(H,27,29)(H,28,30). The molecule has 0 saturated heterocycles. The van der Waals surface area contributed by atoms with Gasteiger partial charge in [0.2, 0.25) is 5.91 Å². The highest BCUT2D eigenvalue weighted by Gasteiger charge is 2.71. The van der Waals surface area contributed by atoms with Gasteiger partial charge in [0, 0.05) is 28.9 Å². The number of rotatable bonds is 5. The van der Waals surface area contributed by atoms with E-state index in [4.69, 9.17) is 0 Å². The summed E-state index contributed by atoms with van der Waals surface area (Å²) in [4.78, 5) is 28.2. The van der Waals surface area contributed by atoms with Gasteiger partial charge < -0.3 is 10.6 Å². The Kier molecular flexibility index (Phi) is 4.59. The fourth-order valence-corrected chi connectivity index (χ4v) is 4.56. The van der Waals surface area contributed by atoms with Crippen LogP contribution in [0.1, 0.15) is 42.2 Å². The lowest BCUT2D eigenvalue weighted by atomic mass is 9.36. The number of carbonyl (C=O) groups excluding carboxylic acids is 2. The minimum Gasteiger partial charge on any atom is -0.347 e. The first kappa shape index (κ1) is 20.3. The summed E-state index contributed by atoms with van der Waals surface area (Å²) in [5, 5.41) is 5.58. The van der Waals surface area contributed by atoms with Crippen LogP contribution in [0.15, 0.2) is 42.6 Å². The molecule has 3 aliphatic rings. The van der Waals surface area contributed by atoms with Crippen molar-refractivity contribution in [1.82, 2.24) is 10.3 Å².